The number of rotatable bonds is 3. The number of carbonyl (C=O) groups is 1. The molecule has 1 aromatic rings. The van der Waals surface area contributed by atoms with Crippen LogP contribution in [0.5, 0.6) is 0 Å². The van der Waals surface area contributed by atoms with Crippen molar-refractivity contribution in [3.63, 3.8) is 0 Å². The molecule has 1 nitrogen and oxygen atoms in total. The lowest BCUT2D eigenvalue weighted by Crippen LogP contribution is -1.87. The van der Waals surface area contributed by atoms with Gasteiger partial charge >= 0.3 is 0 Å². The summed E-state index contributed by atoms with van der Waals surface area (Å²) in [4.78, 5) is 11.6. The Balaban J connectivity index is 2.16. The minimum Gasteiger partial charge on any atom is -0.303 e. The van der Waals surface area contributed by atoms with Gasteiger partial charge < -0.3 is 4.79 Å². The molecule has 2 rings (SSSR count). The third kappa shape index (κ3) is 1.94. The minimum atomic E-state index is 0.642. The summed E-state index contributed by atoms with van der Waals surface area (Å²) in [7, 11) is 0. The summed E-state index contributed by atoms with van der Waals surface area (Å²) >= 11 is 1.93. The Labute approximate surface area is 82.5 Å². The Morgan fingerprint density at radius 3 is 3.23 bits per heavy atom. The maximum Gasteiger partial charge on any atom is 0.120 e. The van der Waals surface area contributed by atoms with Crippen LogP contribution in [0.15, 0.2) is 23.1 Å². The standard InChI is InChI=1S/C11H12OS/c12-6-1-2-9-3-4-10-5-7-13-11(10)8-9/h3-4,6,8H,1-2,5,7H2. The highest BCUT2D eigenvalue weighted by Gasteiger charge is 2.10. The zero-order valence-corrected chi connectivity index (χ0v) is 8.27. The van der Waals surface area contributed by atoms with Crippen molar-refractivity contribution >= 4 is 18.0 Å². The molecule has 0 atom stereocenters. The lowest BCUT2D eigenvalue weighted by atomic mass is 10.1. The van der Waals surface area contributed by atoms with E-state index in [4.69, 9.17) is 0 Å². The molecule has 68 valence electrons. The molecular weight excluding hydrogens is 180 g/mol. The zero-order valence-electron chi connectivity index (χ0n) is 7.45. The van der Waals surface area contributed by atoms with Crippen molar-refractivity contribution in [3.8, 4) is 0 Å². The van der Waals surface area contributed by atoms with E-state index in [1.54, 1.807) is 0 Å². The van der Waals surface area contributed by atoms with Gasteiger partial charge in [-0.2, -0.15) is 0 Å². The SMILES string of the molecule is O=CCCc1ccc2c(c1)SCC2. The van der Waals surface area contributed by atoms with E-state index in [1.807, 2.05) is 11.8 Å². The maximum absolute atomic E-state index is 10.2. The van der Waals surface area contributed by atoms with E-state index in [9.17, 15) is 4.79 Å². The molecule has 0 amide bonds. The van der Waals surface area contributed by atoms with E-state index < -0.39 is 0 Å². The van der Waals surface area contributed by atoms with E-state index in [1.165, 1.54) is 28.2 Å². The Hall–Kier alpha value is -0.760. The number of aryl methyl sites for hydroxylation is 2. The van der Waals surface area contributed by atoms with Gasteiger partial charge in [0.25, 0.3) is 0 Å². The molecule has 1 aromatic carbocycles. The van der Waals surface area contributed by atoms with Crippen LogP contribution in [0.25, 0.3) is 0 Å². The van der Waals surface area contributed by atoms with Gasteiger partial charge in [-0.1, -0.05) is 12.1 Å². The molecule has 2 heteroatoms. The summed E-state index contributed by atoms with van der Waals surface area (Å²) in [5.74, 6) is 1.21. The van der Waals surface area contributed by atoms with Gasteiger partial charge in [0.15, 0.2) is 0 Å². The minimum absolute atomic E-state index is 0.642. The normalized spacial score (nSPS) is 14.2. The largest absolute Gasteiger partial charge is 0.303 e. The van der Waals surface area contributed by atoms with Crippen LogP contribution in [-0.4, -0.2) is 12.0 Å². The van der Waals surface area contributed by atoms with Crippen LogP contribution in [0.4, 0.5) is 0 Å². The molecule has 0 N–H and O–H groups in total. The molecule has 0 spiro atoms. The molecular formula is C11H12OS. The highest BCUT2D eigenvalue weighted by atomic mass is 32.2. The summed E-state index contributed by atoms with van der Waals surface area (Å²) in [5.41, 5.74) is 2.76. The fraction of sp³-hybridized carbons (Fsp3) is 0.364. The first-order valence-electron chi connectivity index (χ1n) is 4.58. The molecule has 1 aliphatic rings. The van der Waals surface area contributed by atoms with Crippen LogP contribution in [0.1, 0.15) is 17.5 Å². The molecule has 0 saturated heterocycles. The average molecular weight is 192 g/mol. The molecule has 0 aromatic heterocycles. The molecule has 0 unspecified atom stereocenters. The number of hydrogen-bond acceptors (Lipinski definition) is 2. The molecule has 0 aliphatic carbocycles. The topological polar surface area (TPSA) is 17.1 Å². The third-order valence-corrected chi connectivity index (χ3v) is 3.41. The number of aldehydes is 1. The first kappa shape index (κ1) is 8.82. The molecule has 13 heavy (non-hydrogen) atoms. The van der Waals surface area contributed by atoms with E-state index in [-0.39, 0.29) is 0 Å². The lowest BCUT2D eigenvalue weighted by Gasteiger charge is -2.01. The Kier molecular flexibility index (Phi) is 2.69. The van der Waals surface area contributed by atoms with Crippen molar-refractivity contribution in [2.24, 2.45) is 0 Å². The second-order valence-corrected chi connectivity index (χ2v) is 4.38. The van der Waals surface area contributed by atoms with Crippen LogP contribution in [-0.2, 0) is 17.6 Å². The summed E-state index contributed by atoms with van der Waals surface area (Å²) in [6.45, 7) is 0. The Bertz CT molecular complexity index is 320. The van der Waals surface area contributed by atoms with Gasteiger partial charge in [0, 0.05) is 17.1 Å². The van der Waals surface area contributed by atoms with E-state index in [2.05, 4.69) is 18.2 Å². The molecule has 0 radical (unpaired) electrons. The first-order valence-corrected chi connectivity index (χ1v) is 5.57. The van der Waals surface area contributed by atoms with E-state index >= 15 is 0 Å². The lowest BCUT2D eigenvalue weighted by molar-refractivity contribution is -0.107. The fourth-order valence-corrected chi connectivity index (χ4v) is 2.72. The maximum atomic E-state index is 10.2. The van der Waals surface area contributed by atoms with Crippen molar-refractivity contribution in [2.75, 3.05) is 5.75 Å². The average Bonchev–Trinajstić information content (AvgIpc) is 2.61. The Morgan fingerprint density at radius 1 is 1.46 bits per heavy atom. The van der Waals surface area contributed by atoms with Gasteiger partial charge in [-0.05, 0) is 30.0 Å². The van der Waals surface area contributed by atoms with Crippen molar-refractivity contribution in [1.82, 2.24) is 0 Å². The van der Waals surface area contributed by atoms with Gasteiger partial charge in [0.1, 0.15) is 6.29 Å². The van der Waals surface area contributed by atoms with Crippen LogP contribution in [0, 0.1) is 0 Å². The monoisotopic (exact) mass is 192 g/mol. The number of fused-ring (bicyclic) bond motifs is 1. The van der Waals surface area contributed by atoms with Crippen molar-refractivity contribution < 1.29 is 4.79 Å². The molecule has 1 heterocycles. The van der Waals surface area contributed by atoms with Gasteiger partial charge in [0.2, 0.25) is 0 Å². The number of benzene rings is 1. The van der Waals surface area contributed by atoms with E-state index in [0.717, 1.165) is 12.7 Å². The summed E-state index contributed by atoms with van der Waals surface area (Å²) in [5, 5.41) is 0. The van der Waals surface area contributed by atoms with Crippen molar-refractivity contribution in [1.29, 1.82) is 0 Å². The number of hydrogen-bond donors (Lipinski definition) is 0. The predicted octanol–water partition coefficient (Wildman–Crippen LogP) is 2.47. The van der Waals surface area contributed by atoms with Crippen LogP contribution < -0.4 is 0 Å². The molecule has 0 saturated carbocycles. The van der Waals surface area contributed by atoms with Crippen LogP contribution in [0.3, 0.4) is 0 Å². The van der Waals surface area contributed by atoms with Gasteiger partial charge in [-0.15, -0.1) is 11.8 Å². The zero-order chi connectivity index (χ0) is 9.10. The van der Waals surface area contributed by atoms with Gasteiger partial charge in [-0.25, -0.2) is 0 Å². The highest BCUT2D eigenvalue weighted by Crippen LogP contribution is 2.31. The Morgan fingerprint density at radius 2 is 2.38 bits per heavy atom. The summed E-state index contributed by atoms with van der Waals surface area (Å²) in [6.07, 6.45) is 3.72. The summed E-state index contributed by atoms with van der Waals surface area (Å²) < 4.78 is 0. The van der Waals surface area contributed by atoms with Crippen LogP contribution in [0.2, 0.25) is 0 Å². The first-order chi connectivity index (χ1) is 6.40. The second-order valence-electron chi connectivity index (χ2n) is 3.25. The summed E-state index contributed by atoms with van der Waals surface area (Å²) in [6, 6.07) is 6.58. The smallest absolute Gasteiger partial charge is 0.120 e. The van der Waals surface area contributed by atoms with Gasteiger partial charge in [0.05, 0.1) is 0 Å². The van der Waals surface area contributed by atoms with Gasteiger partial charge in [-0.3, -0.25) is 0 Å². The second kappa shape index (κ2) is 3.97. The molecule has 0 bridgehead atoms. The highest BCUT2D eigenvalue weighted by molar-refractivity contribution is 7.99. The number of thioether (sulfide) groups is 1. The fourth-order valence-electron chi connectivity index (χ4n) is 1.59. The van der Waals surface area contributed by atoms with E-state index in [0.29, 0.717) is 6.42 Å². The number of carbonyl (C=O) groups excluding carboxylic acids is 1. The quantitative estimate of drug-likeness (QED) is 0.684. The molecule has 0 fully saturated rings. The predicted molar refractivity (Wildman–Crippen MR) is 55.3 cm³/mol. The third-order valence-electron chi connectivity index (χ3n) is 2.31. The van der Waals surface area contributed by atoms with Crippen molar-refractivity contribution in [3.05, 3.63) is 29.3 Å². The van der Waals surface area contributed by atoms with Crippen molar-refractivity contribution in [2.45, 2.75) is 24.2 Å². The van der Waals surface area contributed by atoms with Crippen LogP contribution >= 0.6 is 11.8 Å². The molecule has 1 aliphatic heterocycles.